The number of aromatic nitrogens is 3. The Morgan fingerprint density at radius 3 is 2.81 bits per heavy atom. The Morgan fingerprint density at radius 1 is 1.12 bits per heavy atom. The van der Waals surface area contributed by atoms with E-state index in [0.29, 0.717) is 11.0 Å². The van der Waals surface area contributed by atoms with Gasteiger partial charge in [-0.25, -0.2) is 4.39 Å². The van der Waals surface area contributed by atoms with E-state index in [1.54, 1.807) is 24.5 Å². The molecule has 0 aliphatic carbocycles. The first kappa shape index (κ1) is 16.8. The first-order valence-corrected chi connectivity index (χ1v) is 8.20. The van der Waals surface area contributed by atoms with Crippen LogP contribution in [0.3, 0.4) is 0 Å². The molecule has 3 aromatic heterocycles. The monoisotopic (exact) mass is 370 g/mol. The van der Waals surface area contributed by atoms with Gasteiger partial charge in [0.15, 0.2) is 0 Å². The van der Waals surface area contributed by atoms with E-state index in [9.17, 15) is 4.39 Å². The highest BCUT2D eigenvalue weighted by Gasteiger charge is 2.24. The van der Waals surface area contributed by atoms with Gasteiger partial charge in [0.1, 0.15) is 17.1 Å². The molecule has 0 saturated carbocycles. The van der Waals surface area contributed by atoms with E-state index in [1.807, 2.05) is 16.8 Å². The number of hydrogen-bond donors (Lipinski definition) is 1. The zero-order chi connectivity index (χ0) is 16.8. The first-order chi connectivity index (χ1) is 12.3. The zero-order valence-electron chi connectivity index (χ0n) is 13.8. The number of rotatable bonds is 2. The molecular formula is C19H16ClFN4O. The summed E-state index contributed by atoms with van der Waals surface area (Å²) in [6.07, 6.45) is 5.06. The fraction of sp³-hybridized carbons (Fsp3) is 0.158. The summed E-state index contributed by atoms with van der Waals surface area (Å²) >= 11 is 0. The van der Waals surface area contributed by atoms with Crippen molar-refractivity contribution in [2.24, 2.45) is 0 Å². The van der Waals surface area contributed by atoms with Crippen LogP contribution < -0.4 is 5.32 Å². The molecule has 4 heterocycles. The summed E-state index contributed by atoms with van der Waals surface area (Å²) < 4.78 is 21.7. The van der Waals surface area contributed by atoms with E-state index in [4.69, 9.17) is 9.52 Å². The second-order valence-electron chi connectivity index (χ2n) is 6.06. The van der Waals surface area contributed by atoms with Crippen LogP contribution in [0.15, 0.2) is 53.4 Å². The van der Waals surface area contributed by atoms with E-state index in [1.165, 1.54) is 12.3 Å². The summed E-state index contributed by atoms with van der Waals surface area (Å²) in [6.45, 7) is 2.42. The molecule has 0 amide bonds. The quantitative estimate of drug-likeness (QED) is 0.579. The minimum atomic E-state index is -0.288. The zero-order valence-corrected chi connectivity index (χ0v) is 14.6. The number of fused-ring (bicyclic) bond motifs is 2. The predicted molar refractivity (Wildman–Crippen MR) is 99.6 cm³/mol. The SMILES string of the molecule is Cl.Fc1ccc(-c2nn3c(c2-c2ccncc2)CNCC3)c2occc12. The topological polar surface area (TPSA) is 55.9 Å². The molecule has 1 aliphatic rings. The summed E-state index contributed by atoms with van der Waals surface area (Å²) in [5.74, 6) is -0.288. The Balaban J connectivity index is 0.00000168. The number of nitrogens with one attached hydrogen (secondary N) is 1. The average Bonchev–Trinajstić information content (AvgIpc) is 3.28. The second-order valence-corrected chi connectivity index (χ2v) is 6.06. The maximum absolute atomic E-state index is 14.1. The number of pyridine rings is 1. The number of hydrogen-bond acceptors (Lipinski definition) is 4. The molecule has 1 aliphatic heterocycles. The molecule has 5 rings (SSSR count). The van der Waals surface area contributed by atoms with Gasteiger partial charge in [-0.3, -0.25) is 9.67 Å². The third kappa shape index (κ3) is 2.50. The van der Waals surface area contributed by atoms with Crippen molar-refractivity contribution < 1.29 is 8.81 Å². The van der Waals surface area contributed by atoms with Crippen LogP contribution in [0.1, 0.15) is 5.69 Å². The lowest BCUT2D eigenvalue weighted by atomic mass is 9.98. The van der Waals surface area contributed by atoms with Gasteiger partial charge in [-0.1, -0.05) is 0 Å². The highest BCUT2D eigenvalue weighted by molar-refractivity contribution is 5.96. The average molecular weight is 371 g/mol. The second kappa shape index (κ2) is 6.55. The molecular weight excluding hydrogens is 355 g/mol. The van der Waals surface area contributed by atoms with Gasteiger partial charge in [0, 0.05) is 36.6 Å². The van der Waals surface area contributed by atoms with E-state index in [0.717, 1.165) is 47.7 Å². The van der Waals surface area contributed by atoms with Gasteiger partial charge in [-0.2, -0.15) is 5.10 Å². The maximum atomic E-state index is 14.1. The van der Waals surface area contributed by atoms with Crippen LogP contribution in [-0.4, -0.2) is 21.3 Å². The van der Waals surface area contributed by atoms with E-state index in [2.05, 4.69) is 10.3 Å². The van der Waals surface area contributed by atoms with Gasteiger partial charge in [0.05, 0.1) is 23.9 Å². The largest absolute Gasteiger partial charge is 0.464 e. The molecule has 0 saturated heterocycles. The van der Waals surface area contributed by atoms with Crippen LogP contribution in [0, 0.1) is 5.82 Å². The van der Waals surface area contributed by atoms with Gasteiger partial charge in [-0.05, 0) is 35.9 Å². The Morgan fingerprint density at radius 2 is 1.96 bits per heavy atom. The summed E-state index contributed by atoms with van der Waals surface area (Å²) in [5, 5.41) is 8.70. The Labute approximate surface area is 155 Å². The van der Waals surface area contributed by atoms with Gasteiger partial charge in [0.25, 0.3) is 0 Å². The van der Waals surface area contributed by atoms with Crippen LogP contribution in [0.4, 0.5) is 4.39 Å². The highest BCUT2D eigenvalue weighted by Crippen LogP contribution is 2.39. The number of furan rings is 1. The smallest absolute Gasteiger partial charge is 0.146 e. The predicted octanol–water partition coefficient (Wildman–Crippen LogP) is 4.02. The molecule has 0 atom stereocenters. The fourth-order valence-corrected chi connectivity index (χ4v) is 3.48. The van der Waals surface area contributed by atoms with Crippen molar-refractivity contribution >= 4 is 23.4 Å². The van der Waals surface area contributed by atoms with Crippen molar-refractivity contribution in [1.29, 1.82) is 0 Å². The molecule has 0 bridgehead atoms. The van der Waals surface area contributed by atoms with Crippen molar-refractivity contribution in [3.05, 3.63) is 60.5 Å². The fourth-order valence-electron chi connectivity index (χ4n) is 3.48. The minimum absolute atomic E-state index is 0. The molecule has 0 radical (unpaired) electrons. The molecule has 26 heavy (non-hydrogen) atoms. The van der Waals surface area contributed by atoms with Crippen molar-refractivity contribution in [3.8, 4) is 22.4 Å². The number of nitrogens with zero attached hydrogens (tertiary/aromatic N) is 3. The highest BCUT2D eigenvalue weighted by atomic mass is 35.5. The standard InChI is InChI=1S/C19H15FN4O.ClH/c20-15-2-1-14(19-13(15)5-10-25-19)18-17(12-3-6-21-7-4-12)16-11-22-8-9-24(16)23-18;/h1-7,10,22H,8-9,11H2;1H. The summed E-state index contributed by atoms with van der Waals surface area (Å²) in [4.78, 5) is 4.11. The molecule has 5 nitrogen and oxygen atoms in total. The molecule has 0 spiro atoms. The van der Waals surface area contributed by atoms with E-state index in [-0.39, 0.29) is 18.2 Å². The molecule has 4 aromatic rings. The summed E-state index contributed by atoms with van der Waals surface area (Å²) in [7, 11) is 0. The van der Waals surface area contributed by atoms with Crippen molar-refractivity contribution in [1.82, 2.24) is 20.1 Å². The van der Waals surface area contributed by atoms with Gasteiger partial charge >= 0.3 is 0 Å². The normalized spacial score (nSPS) is 13.4. The van der Waals surface area contributed by atoms with Crippen LogP contribution in [-0.2, 0) is 13.1 Å². The van der Waals surface area contributed by atoms with Crippen LogP contribution in [0.5, 0.6) is 0 Å². The minimum Gasteiger partial charge on any atom is -0.464 e. The van der Waals surface area contributed by atoms with Crippen molar-refractivity contribution in [2.45, 2.75) is 13.1 Å². The van der Waals surface area contributed by atoms with Gasteiger partial charge < -0.3 is 9.73 Å². The van der Waals surface area contributed by atoms with Crippen molar-refractivity contribution in [2.75, 3.05) is 6.54 Å². The molecule has 7 heteroatoms. The van der Waals surface area contributed by atoms with Crippen LogP contribution >= 0.6 is 12.4 Å². The Kier molecular flexibility index (Phi) is 4.22. The molecule has 0 unspecified atom stereocenters. The number of halogens is 2. The lowest BCUT2D eigenvalue weighted by Crippen LogP contribution is -2.28. The van der Waals surface area contributed by atoms with Crippen LogP contribution in [0.25, 0.3) is 33.4 Å². The molecule has 1 N–H and O–H groups in total. The summed E-state index contributed by atoms with van der Waals surface area (Å²) in [5.41, 5.74) is 5.34. The maximum Gasteiger partial charge on any atom is 0.146 e. The first-order valence-electron chi connectivity index (χ1n) is 8.20. The van der Waals surface area contributed by atoms with E-state index >= 15 is 0 Å². The lowest BCUT2D eigenvalue weighted by Gasteiger charge is -2.16. The van der Waals surface area contributed by atoms with Crippen LogP contribution in [0.2, 0.25) is 0 Å². The Bertz CT molecular complexity index is 1070. The third-order valence-electron chi connectivity index (χ3n) is 4.64. The van der Waals surface area contributed by atoms with Gasteiger partial charge in [0.2, 0.25) is 0 Å². The summed E-state index contributed by atoms with van der Waals surface area (Å²) in [6, 6.07) is 8.81. The molecule has 132 valence electrons. The third-order valence-corrected chi connectivity index (χ3v) is 4.64. The molecule has 0 fully saturated rings. The number of benzene rings is 1. The van der Waals surface area contributed by atoms with Crippen molar-refractivity contribution in [3.63, 3.8) is 0 Å². The lowest BCUT2D eigenvalue weighted by molar-refractivity contribution is 0.477. The Hall–Kier alpha value is -2.70. The van der Waals surface area contributed by atoms with Gasteiger partial charge in [-0.15, -0.1) is 12.4 Å². The molecule has 1 aromatic carbocycles. The van der Waals surface area contributed by atoms with E-state index < -0.39 is 0 Å².